The van der Waals surface area contributed by atoms with Gasteiger partial charge < -0.3 is 15.1 Å². The summed E-state index contributed by atoms with van der Waals surface area (Å²) in [7, 11) is 3.97. The molecule has 126 valence electrons. The lowest BCUT2D eigenvalue weighted by atomic mass is 10.1. The second-order valence-electron chi connectivity index (χ2n) is 6.59. The molecule has 1 aliphatic rings. The number of amides is 1. The summed E-state index contributed by atoms with van der Waals surface area (Å²) in [4.78, 5) is 16.9. The molecule has 24 heavy (non-hydrogen) atoms. The molecule has 0 aliphatic carbocycles. The van der Waals surface area contributed by atoms with E-state index in [1.807, 2.05) is 56.3 Å². The molecule has 4 nitrogen and oxygen atoms in total. The van der Waals surface area contributed by atoms with Crippen LogP contribution in [0.15, 0.2) is 42.5 Å². The Labute approximate surface area is 144 Å². The van der Waals surface area contributed by atoms with Crippen molar-refractivity contribution in [2.24, 2.45) is 0 Å². The monoisotopic (exact) mass is 323 g/mol. The van der Waals surface area contributed by atoms with Crippen molar-refractivity contribution in [3.63, 3.8) is 0 Å². The third kappa shape index (κ3) is 3.53. The first-order valence-electron chi connectivity index (χ1n) is 8.49. The molecule has 1 aliphatic heterocycles. The summed E-state index contributed by atoms with van der Waals surface area (Å²) < 4.78 is 0. The Morgan fingerprint density at radius 3 is 2.29 bits per heavy atom. The van der Waals surface area contributed by atoms with Crippen LogP contribution in [0.4, 0.5) is 17.1 Å². The van der Waals surface area contributed by atoms with Gasteiger partial charge in [-0.25, -0.2) is 0 Å². The Morgan fingerprint density at radius 1 is 1.04 bits per heavy atom. The summed E-state index contributed by atoms with van der Waals surface area (Å²) in [5.41, 5.74) is 4.97. The number of nitrogens with zero attached hydrogens (tertiary/aromatic N) is 2. The largest absolute Gasteiger partial charge is 0.378 e. The molecule has 1 fully saturated rings. The molecule has 2 aromatic rings. The van der Waals surface area contributed by atoms with Crippen LogP contribution in [0.2, 0.25) is 0 Å². The first kappa shape index (κ1) is 16.4. The lowest BCUT2D eigenvalue weighted by Gasteiger charge is -2.19. The molecular formula is C20H25N3O. The van der Waals surface area contributed by atoms with Crippen molar-refractivity contribution in [1.29, 1.82) is 0 Å². The molecule has 1 heterocycles. The van der Waals surface area contributed by atoms with E-state index in [1.165, 1.54) is 18.5 Å². The van der Waals surface area contributed by atoms with Gasteiger partial charge in [0.25, 0.3) is 5.91 Å². The molecule has 0 unspecified atom stereocenters. The number of benzene rings is 2. The molecule has 0 radical (unpaired) electrons. The summed E-state index contributed by atoms with van der Waals surface area (Å²) in [5, 5.41) is 3.02. The normalized spacial score (nSPS) is 13.9. The summed E-state index contributed by atoms with van der Waals surface area (Å²) in [6, 6.07) is 13.9. The van der Waals surface area contributed by atoms with Crippen molar-refractivity contribution < 1.29 is 4.79 Å². The van der Waals surface area contributed by atoms with Gasteiger partial charge in [-0.3, -0.25) is 4.79 Å². The van der Waals surface area contributed by atoms with Crippen molar-refractivity contribution in [1.82, 2.24) is 0 Å². The zero-order valence-electron chi connectivity index (χ0n) is 14.7. The number of nitrogens with one attached hydrogen (secondary N) is 1. The van der Waals surface area contributed by atoms with Crippen LogP contribution < -0.4 is 15.1 Å². The Balaban J connectivity index is 1.71. The van der Waals surface area contributed by atoms with Gasteiger partial charge in [-0.05, 0) is 67.8 Å². The van der Waals surface area contributed by atoms with E-state index in [4.69, 9.17) is 0 Å². The van der Waals surface area contributed by atoms with E-state index < -0.39 is 0 Å². The first-order chi connectivity index (χ1) is 11.5. The zero-order valence-corrected chi connectivity index (χ0v) is 14.7. The van der Waals surface area contributed by atoms with E-state index in [0.29, 0.717) is 5.56 Å². The molecule has 0 bridgehead atoms. The third-order valence-corrected chi connectivity index (χ3v) is 4.58. The van der Waals surface area contributed by atoms with Gasteiger partial charge >= 0.3 is 0 Å². The molecule has 0 aromatic heterocycles. The molecule has 2 aromatic carbocycles. The minimum Gasteiger partial charge on any atom is -0.378 e. The van der Waals surface area contributed by atoms with Crippen LogP contribution in [0, 0.1) is 6.92 Å². The van der Waals surface area contributed by atoms with E-state index in [9.17, 15) is 4.79 Å². The van der Waals surface area contributed by atoms with Gasteiger partial charge in [0.1, 0.15) is 0 Å². The average Bonchev–Trinajstić information content (AvgIpc) is 3.11. The van der Waals surface area contributed by atoms with Crippen molar-refractivity contribution in [3.8, 4) is 0 Å². The van der Waals surface area contributed by atoms with Crippen LogP contribution in [0.3, 0.4) is 0 Å². The molecule has 1 amide bonds. The van der Waals surface area contributed by atoms with Crippen LogP contribution >= 0.6 is 0 Å². The fourth-order valence-electron chi connectivity index (χ4n) is 3.07. The lowest BCUT2D eigenvalue weighted by Crippen LogP contribution is -2.18. The Morgan fingerprint density at radius 2 is 1.71 bits per heavy atom. The summed E-state index contributed by atoms with van der Waals surface area (Å²) in [5.74, 6) is -0.0719. The Kier molecular flexibility index (Phi) is 4.74. The lowest BCUT2D eigenvalue weighted by molar-refractivity contribution is 0.102. The molecule has 0 atom stereocenters. The number of rotatable bonds is 4. The highest BCUT2D eigenvalue weighted by Gasteiger charge is 2.14. The highest BCUT2D eigenvalue weighted by Crippen LogP contribution is 2.26. The predicted octanol–water partition coefficient (Wildman–Crippen LogP) is 3.91. The standard InChI is InChI=1S/C20H25N3O/c1-15-14-18(23-12-4-5-13-23)10-11-19(15)21-20(24)16-6-8-17(9-7-16)22(2)3/h6-11,14H,4-5,12-13H2,1-3H3,(H,21,24). The van der Waals surface area contributed by atoms with E-state index in [2.05, 4.69) is 22.3 Å². The number of hydrogen-bond donors (Lipinski definition) is 1. The summed E-state index contributed by atoms with van der Waals surface area (Å²) in [6.07, 6.45) is 2.53. The number of carbonyl (C=O) groups is 1. The maximum Gasteiger partial charge on any atom is 0.255 e. The zero-order chi connectivity index (χ0) is 17.1. The molecule has 3 rings (SSSR count). The van der Waals surface area contributed by atoms with Crippen LogP contribution in [0.5, 0.6) is 0 Å². The van der Waals surface area contributed by atoms with Crippen molar-refractivity contribution in [3.05, 3.63) is 53.6 Å². The van der Waals surface area contributed by atoms with Gasteiger partial charge in [-0.15, -0.1) is 0 Å². The van der Waals surface area contributed by atoms with Gasteiger partial charge in [0.2, 0.25) is 0 Å². The van der Waals surface area contributed by atoms with Crippen molar-refractivity contribution >= 4 is 23.0 Å². The van der Waals surface area contributed by atoms with E-state index in [1.54, 1.807) is 0 Å². The second kappa shape index (κ2) is 6.95. The minimum atomic E-state index is -0.0719. The Bertz CT molecular complexity index is 716. The molecule has 0 saturated carbocycles. The predicted molar refractivity (Wildman–Crippen MR) is 101 cm³/mol. The van der Waals surface area contributed by atoms with Gasteiger partial charge in [-0.2, -0.15) is 0 Å². The summed E-state index contributed by atoms with van der Waals surface area (Å²) in [6.45, 7) is 4.30. The quantitative estimate of drug-likeness (QED) is 0.926. The maximum absolute atomic E-state index is 12.5. The molecule has 0 spiro atoms. The minimum absolute atomic E-state index is 0.0719. The van der Waals surface area contributed by atoms with E-state index in [0.717, 1.165) is 30.0 Å². The number of aryl methyl sites for hydroxylation is 1. The topological polar surface area (TPSA) is 35.6 Å². The van der Waals surface area contributed by atoms with Crippen LogP contribution in [-0.4, -0.2) is 33.1 Å². The first-order valence-corrected chi connectivity index (χ1v) is 8.49. The molecule has 4 heteroatoms. The maximum atomic E-state index is 12.5. The van der Waals surface area contributed by atoms with Crippen molar-refractivity contribution in [2.45, 2.75) is 19.8 Å². The number of carbonyl (C=O) groups excluding carboxylic acids is 1. The molecule has 1 N–H and O–H groups in total. The van der Waals surface area contributed by atoms with E-state index >= 15 is 0 Å². The van der Waals surface area contributed by atoms with Crippen LogP contribution in [0.25, 0.3) is 0 Å². The smallest absolute Gasteiger partial charge is 0.255 e. The van der Waals surface area contributed by atoms with Gasteiger partial charge in [0.15, 0.2) is 0 Å². The molecule has 1 saturated heterocycles. The van der Waals surface area contributed by atoms with Gasteiger partial charge in [-0.1, -0.05) is 0 Å². The van der Waals surface area contributed by atoms with Crippen molar-refractivity contribution in [2.75, 3.05) is 42.3 Å². The molecular weight excluding hydrogens is 298 g/mol. The SMILES string of the molecule is Cc1cc(N2CCCC2)ccc1NC(=O)c1ccc(N(C)C)cc1. The fraction of sp³-hybridized carbons (Fsp3) is 0.350. The highest BCUT2D eigenvalue weighted by atomic mass is 16.1. The summed E-state index contributed by atoms with van der Waals surface area (Å²) >= 11 is 0. The van der Waals surface area contributed by atoms with E-state index in [-0.39, 0.29) is 5.91 Å². The second-order valence-corrected chi connectivity index (χ2v) is 6.59. The number of anilines is 3. The third-order valence-electron chi connectivity index (χ3n) is 4.58. The van der Waals surface area contributed by atoms with Crippen LogP contribution in [0.1, 0.15) is 28.8 Å². The average molecular weight is 323 g/mol. The number of hydrogen-bond acceptors (Lipinski definition) is 3. The van der Waals surface area contributed by atoms with Gasteiger partial charge in [0, 0.05) is 49.8 Å². The Hall–Kier alpha value is -2.49. The fourth-order valence-corrected chi connectivity index (χ4v) is 3.07. The highest BCUT2D eigenvalue weighted by molar-refractivity contribution is 6.04. The van der Waals surface area contributed by atoms with Gasteiger partial charge in [0.05, 0.1) is 0 Å². The van der Waals surface area contributed by atoms with Crippen LogP contribution in [-0.2, 0) is 0 Å².